The van der Waals surface area contributed by atoms with Gasteiger partial charge in [-0.1, -0.05) is 36.6 Å². The van der Waals surface area contributed by atoms with Crippen LogP contribution >= 0.6 is 11.6 Å². The predicted molar refractivity (Wildman–Crippen MR) is 85.4 cm³/mol. The van der Waals surface area contributed by atoms with Crippen LogP contribution in [0.15, 0.2) is 29.7 Å². The SMILES string of the molecule is O=S(=O)(/C=C/c1ccc(Cl)cc1)NCC1(CO)CCCC1. The smallest absolute Gasteiger partial charge is 0.233 e. The average molecular weight is 330 g/mol. The highest BCUT2D eigenvalue weighted by Gasteiger charge is 2.33. The van der Waals surface area contributed by atoms with E-state index in [9.17, 15) is 13.5 Å². The Morgan fingerprint density at radius 2 is 1.86 bits per heavy atom. The number of sulfonamides is 1. The molecule has 2 N–H and O–H groups in total. The van der Waals surface area contributed by atoms with Crippen LogP contribution < -0.4 is 4.72 Å². The Balaban J connectivity index is 1.97. The number of hydrogen-bond donors (Lipinski definition) is 2. The summed E-state index contributed by atoms with van der Waals surface area (Å²) in [7, 11) is -3.50. The lowest BCUT2D eigenvalue weighted by Crippen LogP contribution is -2.37. The Bertz CT molecular complexity index is 590. The minimum absolute atomic E-state index is 0.0242. The van der Waals surface area contributed by atoms with E-state index in [1.54, 1.807) is 24.3 Å². The summed E-state index contributed by atoms with van der Waals surface area (Å²) >= 11 is 5.78. The highest BCUT2D eigenvalue weighted by atomic mass is 35.5. The average Bonchev–Trinajstić information content (AvgIpc) is 2.94. The van der Waals surface area contributed by atoms with Crippen molar-refractivity contribution in [3.05, 3.63) is 40.3 Å². The van der Waals surface area contributed by atoms with E-state index < -0.39 is 10.0 Å². The van der Waals surface area contributed by atoms with Gasteiger partial charge in [-0.15, -0.1) is 0 Å². The minimum Gasteiger partial charge on any atom is -0.396 e. The fourth-order valence-electron chi connectivity index (χ4n) is 2.56. The maximum absolute atomic E-state index is 12.0. The summed E-state index contributed by atoms with van der Waals surface area (Å²) in [6.07, 6.45) is 5.35. The summed E-state index contributed by atoms with van der Waals surface area (Å²) in [6, 6.07) is 6.92. The molecule has 0 saturated heterocycles. The minimum atomic E-state index is -3.50. The molecule has 0 heterocycles. The second-order valence-corrected chi connectivity index (χ2v) is 7.67. The largest absolute Gasteiger partial charge is 0.396 e. The summed E-state index contributed by atoms with van der Waals surface area (Å²) < 4.78 is 26.5. The molecule has 1 fully saturated rings. The van der Waals surface area contributed by atoms with Gasteiger partial charge in [0.25, 0.3) is 0 Å². The molecule has 1 saturated carbocycles. The molecule has 6 heteroatoms. The summed E-state index contributed by atoms with van der Waals surface area (Å²) in [4.78, 5) is 0. The molecule has 116 valence electrons. The summed E-state index contributed by atoms with van der Waals surface area (Å²) in [5.41, 5.74) is 0.476. The number of aliphatic hydroxyl groups is 1. The number of rotatable bonds is 6. The molecule has 1 aliphatic rings. The highest BCUT2D eigenvalue weighted by molar-refractivity contribution is 7.92. The fourth-order valence-corrected chi connectivity index (χ4v) is 3.63. The monoisotopic (exact) mass is 329 g/mol. The molecule has 1 aliphatic carbocycles. The lowest BCUT2D eigenvalue weighted by molar-refractivity contribution is 0.134. The molecular weight excluding hydrogens is 310 g/mol. The van der Waals surface area contributed by atoms with Gasteiger partial charge in [0, 0.05) is 29.0 Å². The maximum Gasteiger partial charge on any atom is 0.233 e. The summed E-state index contributed by atoms with van der Waals surface area (Å²) in [5, 5.41) is 11.2. The Labute approximate surface area is 130 Å². The van der Waals surface area contributed by atoms with E-state index in [4.69, 9.17) is 11.6 Å². The topological polar surface area (TPSA) is 66.4 Å². The van der Waals surface area contributed by atoms with Crippen molar-refractivity contribution in [2.24, 2.45) is 5.41 Å². The molecule has 0 atom stereocenters. The summed E-state index contributed by atoms with van der Waals surface area (Å²) in [6.45, 7) is 0.313. The van der Waals surface area contributed by atoms with Crippen molar-refractivity contribution >= 4 is 27.7 Å². The Morgan fingerprint density at radius 3 is 2.43 bits per heavy atom. The van der Waals surface area contributed by atoms with Gasteiger partial charge in [-0.25, -0.2) is 13.1 Å². The molecule has 0 aromatic heterocycles. The highest BCUT2D eigenvalue weighted by Crippen LogP contribution is 2.37. The molecule has 1 aromatic rings. The third-order valence-electron chi connectivity index (χ3n) is 3.96. The maximum atomic E-state index is 12.0. The van der Waals surface area contributed by atoms with Crippen LogP contribution in [0, 0.1) is 5.41 Å². The van der Waals surface area contributed by atoms with E-state index in [1.807, 2.05) is 0 Å². The Hall–Kier alpha value is -0.880. The van der Waals surface area contributed by atoms with Gasteiger partial charge in [0.05, 0.1) is 0 Å². The Morgan fingerprint density at radius 1 is 1.24 bits per heavy atom. The first-order valence-corrected chi connectivity index (χ1v) is 8.91. The number of aliphatic hydroxyl groups excluding tert-OH is 1. The molecule has 0 bridgehead atoms. The number of nitrogens with one attached hydrogen (secondary N) is 1. The van der Waals surface area contributed by atoms with Crippen LogP contribution in [-0.4, -0.2) is 26.7 Å². The first-order chi connectivity index (χ1) is 9.95. The van der Waals surface area contributed by atoms with E-state index in [0.717, 1.165) is 36.7 Å². The lowest BCUT2D eigenvalue weighted by Gasteiger charge is -2.26. The van der Waals surface area contributed by atoms with Crippen LogP contribution in [0.1, 0.15) is 31.2 Å². The van der Waals surface area contributed by atoms with E-state index in [0.29, 0.717) is 5.02 Å². The standard InChI is InChI=1S/C15H20ClNO3S/c16-14-5-3-13(4-6-14)7-10-21(19,20)17-11-15(12-18)8-1-2-9-15/h3-7,10,17-18H,1-2,8-9,11-12H2/b10-7+. The van der Waals surface area contributed by atoms with Crippen LogP contribution in [0.2, 0.25) is 5.02 Å². The van der Waals surface area contributed by atoms with Gasteiger partial charge in [-0.2, -0.15) is 0 Å². The van der Waals surface area contributed by atoms with Gasteiger partial charge in [0.15, 0.2) is 0 Å². The molecule has 1 aromatic carbocycles. The molecule has 0 aliphatic heterocycles. The summed E-state index contributed by atoms with van der Waals surface area (Å²) in [5.74, 6) is 0. The molecular formula is C15H20ClNO3S. The number of halogens is 1. The zero-order valence-electron chi connectivity index (χ0n) is 11.8. The molecule has 4 nitrogen and oxygen atoms in total. The van der Waals surface area contributed by atoms with Crippen molar-refractivity contribution in [3.63, 3.8) is 0 Å². The van der Waals surface area contributed by atoms with Crippen molar-refractivity contribution in [1.82, 2.24) is 4.72 Å². The zero-order chi connectivity index (χ0) is 15.3. The van der Waals surface area contributed by atoms with Crippen LogP contribution in [0.25, 0.3) is 6.08 Å². The van der Waals surface area contributed by atoms with Crippen molar-refractivity contribution in [2.75, 3.05) is 13.2 Å². The van der Waals surface area contributed by atoms with Crippen molar-refractivity contribution in [3.8, 4) is 0 Å². The van der Waals surface area contributed by atoms with Crippen LogP contribution in [0.5, 0.6) is 0 Å². The van der Waals surface area contributed by atoms with Crippen molar-refractivity contribution in [1.29, 1.82) is 0 Å². The third-order valence-corrected chi connectivity index (χ3v) is 5.25. The van der Waals surface area contributed by atoms with E-state index in [1.165, 1.54) is 6.08 Å². The van der Waals surface area contributed by atoms with Gasteiger partial charge in [-0.05, 0) is 36.6 Å². The van der Waals surface area contributed by atoms with Crippen LogP contribution in [-0.2, 0) is 10.0 Å². The van der Waals surface area contributed by atoms with Gasteiger partial charge >= 0.3 is 0 Å². The number of benzene rings is 1. The molecule has 0 radical (unpaired) electrons. The predicted octanol–water partition coefficient (Wildman–Crippen LogP) is 2.78. The van der Waals surface area contributed by atoms with Gasteiger partial charge in [-0.3, -0.25) is 0 Å². The second-order valence-electron chi connectivity index (χ2n) is 5.59. The first kappa shape index (κ1) is 16.5. The van der Waals surface area contributed by atoms with E-state index >= 15 is 0 Å². The molecule has 2 rings (SSSR count). The second kappa shape index (κ2) is 6.92. The molecule has 21 heavy (non-hydrogen) atoms. The zero-order valence-corrected chi connectivity index (χ0v) is 13.3. The normalized spacial score (nSPS) is 18.4. The van der Waals surface area contributed by atoms with Crippen LogP contribution in [0.3, 0.4) is 0 Å². The van der Waals surface area contributed by atoms with Gasteiger partial charge < -0.3 is 5.11 Å². The first-order valence-electron chi connectivity index (χ1n) is 6.99. The number of hydrogen-bond acceptors (Lipinski definition) is 3. The molecule has 0 unspecified atom stereocenters. The van der Waals surface area contributed by atoms with Crippen molar-refractivity contribution in [2.45, 2.75) is 25.7 Å². The fraction of sp³-hybridized carbons (Fsp3) is 0.467. The lowest BCUT2D eigenvalue weighted by atomic mass is 9.88. The van der Waals surface area contributed by atoms with Gasteiger partial charge in [0.1, 0.15) is 0 Å². The molecule has 0 amide bonds. The third kappa shape index (κ3) is 4.81. The Kier molecular flexibility index (Phi) is 5.43. The van der Waals surface area contributed by atoms with E-state index in [-0.39, 0.29) is 18.6 Å². The van der Waals surface area contributed by atoms with Crippen molar-refractivity contribution < 1.29 is 13.5 Å². The quantitative estimate of drug-likeness (QED) is 0.843. The van der Waals surface area contributed by atoms with Gasteiger partial charge in [0.2, 0.25) is 10.0 Å². The molecule has 0 spiro atoms. The van der Waals surface area contributed by atoms with E-state index in [2.05, 4.69) is 4.72 Å². The van der Waals surface area contributed by atoms with Crippen LogP contribution in [0.4, 0.5) is 0 Å².